The van der Waals surface area contributed by atoms with E-state index in [1.54, 1.807) is 0 Å². The fourth-order valence-electron chi connectivity index (χ4n) is 4.90. The number of amides is 1. The Morgan fingerprint density at radius 1 is 1.16 bits per heavy atom. The lowest BCUT2D eigenvalue weighted by molar-refractivity contribution is 0.0752. The van der Waals surface area contributed by atoms with Gasteiger partial charge in [0.2, 0.25) is 0 Å². The van der Waals surface area contributed by atoms with Crippen molar-refractivity contribution in [2.75, 3.05) is 26.2 Å². The molecule has 2 saturated heterocycles. The van der Waals surface area contributed by atoms with Crippen molar-refractivity contribution in [1.29, 1.82) is 0 Å². The minimum Gasteiger partial charge on any atom is -0.337 e. The maximum atomic E-state index is 13.0. The van der Waals surface area contributed by atoms with Crippen LogP contribution in [0.2, 0.25) is 0 Å². The molecule has 0 aromatic carbocycles. The second-order valence-electron chi connectivity index (χ2n) is 7.99. The quantitative estimate of drug-likeness (QED) is 0.872. The summed E-state index contributed by atoms with van der Waals surface area (Å²) in [6, 6.07) is 0.378. The Labute approximate surface area is 156 Å². The third kappa shape index (κ3) is 3.56. The van der Waals surface area contributed by atoms with Crippen LogP contribution in [0.15, 0.2) is 0 Å². The Morgan fingerprint density at radius 2 is 1.88 bits per heavy atom. The van der Waals surface area contributed by atoms with Crippen molar-refractivity contribution in [3.05, 3.63) is 11.4 Å². The third-order valence-corrected chi connectivity index (χ3v) is 6.42. The van der Waals surface area contributed by atoms with E-state index < -0.39 is 0 Å². The van der Waals surface area contributed by atoms with Gasteiger partial charge in [0.15, 0.2) is 5.69 Å². The molecule has 0 atom stereocenters. The number of likely N-dealkylation sites (tertiary alicyclic amines) is 1. The highest BCUT2D eigenvalue weighted by atomic mass is 35.5. The molecule has 0 bridgehead atoms. The van der Waals surface area contributed by atoms with Crippen LogP contribution in [0, 0.1) is 12.3 Å². The number of rotatable bonds is 2. The summed E-state index contributed by atoms with van der Waals surface area (Å²) in [4.78, 5) is 15.0. The summed E-state index contributed by atoms with van der Waals surface area (Å²) in [5, 5.41) is 12.0. The molecule has 1 spiro atoms. The molecule has 0 unspecified atom stereocenters. The van der Waals surface area contributed by atoms with Crippen molar-refractivity contribution in [3.8, 4) is 0 Å². The Bertz CT molecular complexity index is 605. The van der Waals surface area contributed by atoms with E-state index in [-0.39, 0.29) is 18.3 Å². The first-order chi connectivity index (χ1) is 11.7. The molecular weight excluding hydrogens is 338 g/mol. The van der Waals surface area contributed by atoms with Crippen molar-refractivity contribution in [2.24, 2.45) is 5.41 Å². The monoisotopic (exact) mass is 367 g/mol. The van der Waals surface area contributed by atoms with E-state index in [1.165, 1.54) is 38.5 Å². The molecule has 7 heteroatoms. The molecule has 3 aliphatic rings. The van der Waals surface area contributed by atoms with Crippen LogP contribution < -0.4 is 5.32 Å². The Balaban J connectivity index is 0.00000182. The molecule has 1 amide bonds. The largest absolute Gasteiger partial charge is 0.337 e. The van der Waals surface area contributed by atoms with E-state index in [4.69, 9.17) is 0 Å². The van der Waals surface area contributed by atoms with E-state index in [2.05, 4.69) is 15.6 Å². The number of halogens is 1. The van der Waals surface area contributed by atoms with Gasteiger partial charge >= 0.3 is 0 Å². The smallest absolute Gasteiger partial charge is 0.276 e. The Morgan fingerprint density at radius 3 is 2.60 bits per heavy atom. The summed E-state index contributed by atoms with van der Waals surface area (Å²) in [6.45, 7) is 5.84. The van der Waals surface area contributed by atoms with Gasteiger partial charge in [0, 0.05) is 13.1 Å². The molecule has 1 aromatic rings. The fourth-order valence-corrected chi connectivity index (χ4v) is 4.90. The molecule has 140 valence electrons. The van der Waals surface area contributed by atoms with Gasteiger partial charge < -0.3 is 10.2 Å². The molecule has 0 radical (unpaired) electrons. The molecule has 1 N–H and O–H groups in total. The molecule has 1 aliphatic carbocycles. The van der Waals surface area contributed by atoms with Crippen LogP contribution in [0.4, 0.5) is 0 Å². The van der Waals surface area contributed by atoms with Gasteiger partial charge in [-0.15, -0.1) is 17.5 Å². The first-order valence-electron chi connectivity index (χ1n) is 9.60. The number of carbonyl (C=O) groups is 1. The number of aromatic nitrogens is 3. The number of piperidine rings is 1. The number of nitrogens with zero attached hydrogens (tertiary/aromatic N) is 4. The summed E-state index contributed by atoms with van der Waals surface area (Å²) in [5.74, 6) is 0.0927. The molecule has 3 fully saturated rings. The third-order valence-electron chi connectivity index (χ3n) is 6.42. The van der Waals surface area contributed by atoms with Crippen LogP contribution in [0.3, 0.4) is 0 Å². The topological polar surface area (TPSA) is 63.1 Å². The summed E-state index contributed by atoms with van der Waals surface area (Å²) < 4.78 is 1.99. The lowest BCUT2D eigenvalue weighted by Crippen LogP contribution is -2.34. The maximum Gasteiger partial charge on any atom is 0.276 e. The molecule has 3 heterocycles. The number of hydrogen-bond donors (Lipinski definition) is 1. The maximum absolute atomic E-state index is 13.0. The normalized spacial score (nSPS) is 23.6. The van der Waals surface area contributed by atoms with Gasteiger partial charge in [0.1, 0.15) is 0 Å². The van der Waals surface area contributed by atoms with Crippen molar-refractivity contribution in [2.45, 2.75) is 64.3 Å². The first kappa shape index (κ1) is 18.6. The number of carbonyl (C=O) groups excluding carboxylic acids is 1. The number of nitrogens with one attached hydrogen (secondary N) is 1. The van der Waals surface area contributed by atoms with Crippen LogP contribution in [0.1, 0.15) is 73.6 Å². The molecule has 25 heavy (non-hydrogen) atoms. The van der Waals surface area contributed by atoms with Crippen molar-refractivity contribution in [3.63, 3.8) is 0 Å². The van der Waals surface area contributed by atoms with Gasteiger partial charge in [-0.3, -0.25) is 4.79 Å². The van der Waals surface area contributed by atoms with E-state index in [9.17, 15) is 4.79 Å². The molecule has 1 saturated carbocycles. The molecule has 1 aromatic heterocycles. The van der Waals surface area contributed by atoms with E-state index in [0.717, 1.165) is 44.7 Å². The molecule has 2 aliphatic heterocycles. The fraction of sp³-hybridized carbons (Fsp3) is 0.833. The summed E-state index contributed by atoms with van der Waals surface area (Å²) in [6.07, 6.45) is 9.88. The van der Waals surface area contributed by atoms with E-state index in [1.807, 2.05) is 16.5 Å². The van der Waals surface area contributed by atoms with Crippen LogP contribution >= 0.6 is 12.4 Å². The highest BCUT2D eigenvalue weighted by molar-refractivity contribution is 5.93. The van der Waals surface area contributed by atoms with Crippen LogP contribution in [-0.4, -0.2) is 52.0 Å². The van der Waals surface area contributed by atoms with Gasteiger partial charge in [0.25, 0.3) is 5.91 Å². The van der Waals surface area contributed by atoms with Gasteiger partial charge in [-0.25, -0.2) is 4.68 Å². The average Bonchev–Trinajstić information content (AvgIpc) is 3.20. The van der Waals surface area contributed by atoms with Crippen molar-refractivity contribution >= 4 is 18.3 Å². The molecule has 4 rings (SSSR count). The van der Waals surface area contributed by atoms with Gasteiger partial charge in [-0.1, -0.05) is 24.5 Å². The van der Waals surface area contributed by atoms with Gasteiger partial charge in [-0.2, -0.15) is 0 Å². The SMILES string of the molecule is Cc1c(C(=O)N2CCC3(CCCCC3)C2)nnn1C1CCNCC1.Cl. The molecule has 6 nitrogen and oxygen atoms in total. The van der Waals surface area contributed by atoms with Crippen LogP contribution in [0.5, 0.6) is 0 Å². The average molecular weight is 368 g/mol. The first-order valence-corrected chi connectivity index (χ1v) is 9.60. The minimum atomic E-state index is 0. The van der Waals surface area contributed by atoms with Gasteiger partial charge in [0.05, 0.1) is 11.7 Å². The molecular formula is C18H30ClN5O. The minimum absolute atomic E-state index is 0. The highest BCUT2D eigenvalue weighted by Gasteiger charge is 2.41. The zero-order chi connectivity index (χ0) is 16.6. The summed E-state index contributed by atoms with van der Waals surface area (Å²) in [7, 11) is 0. The highest BCUT2D eigenvalue weighted by Crippen LogP contribution is 2.44. The predicted molar refractivity (Wildman–Crippen MR) is 99.2 cm³/mol. The second kappa shape index (κ2) is 7.62. The zero-order valence-corrected chi connectivity index (χ0v) is 16.0. The van der Waals surface area contributed by atoms with Gasteiger partial charge in [-0.05, 0) is 57.5 Å². The van der Waals surface area contributed by atoms with Crippen LogP contribution in [0.25, 0.3) is 0 Å². The Hall–Kier alpha value is -1.14. The van der Waals surface area contributed by atoms with Crippen molar-refractivity contribution in [1.82, 2.24) is 25.2 Å². The lowest BCUT2D eigenvalue weighted by atomic mass is 9.73. The lowest BCUT2D eigenvalue weighted by Gasteiger charge is -2.33. The predicted octanol–water partition coefficient (Wildman–Crippen LogP) is 2.73. The Kier molecular flexibility index (Phi) is 5.68. The second-order valence-corrected chi connectivity index (χ2v) is 7.99. The van der Waals surface area contributed by atoms with Crippen molar-refractivity contribution < 1.29 is 4.79 Å². The van der Waals surface area contributed by atoms with E-state index >= 15 is 0 Å². The number of hydrogen-bond acceptors (Lipinski definition) is 4. The van der Waals surface area contributed by atoms with E-state index in [0.29, 0.717) is 17.2 Å². The summed E-state index contributed by atoms with van der Waals surface area (Å²) >= 11 is 0. The zero-order valence-electron chi connectivity index (χ0n) is 15.2. The van der Waals surface area contributed by atoms with Crippen LogP contribution in [-0.2, 0) is 0 Å². The summed E-state index contributed by atoms with van der Waals surface area (Å²) in [5.41, 5.74) is 1.91. The standard InChI is InChI=1S/C18H29N5O.ClH/c1-14-16(20-21-23(14)15-5-10-19-11-6-15)17(24)22-12-9-18(13-22)7-3-2-4-8-18;/h15,19H,2-13H2,1H3;1H.